The number of benzene rings is 2. The van der Waals surface area contributed by atoms with Gasteiger partial charge in [-0.05, 0) is 31.0 Å². The van der Waals surface area contributed by atoms with E-state index in [-0.39, 0.29) is 11.6 Å². The molecule has 0 saturated carbocycles. The average molecular weight is 255 g/mol. The van der Waals surface area contributed by atoms with Crippen LogP contribution in [0.25, 0.3) is 11.1 Å². The lowest BCUT2D eigenvalue weighted by molar-refractivity contribution is 0.101. The van der Waals surface area contributed by atoms with Gasteiger partial charge in [0.05, 0.1) is 0 Å². The number of hydrogen-bond acceptors (Lipinski definition) is 2. The summed E-state index contributed by atoms with van der Waals surface area (Å²) in [5.74, 6) is -0.386. The van der Waals surface area contributed by atoms with Gasteiger partial charge in [-0.25, -0.2) is 4.39 Å². The molecule has 0 amide bonds. The standard InChI is InChI=1S/C16H14FNO/c1-10-3-8-15(17)16(14(10)9-18)13-6-4-12(5-7-13)11(2)19/h3-9,18H,1-2H3. The molecule has 0 radical (unpaired) electrons. The average Bonchev–Trinajstić information content (AvgIpc) is 2.41. The van der Waals surface area contributed by atoms with Gasteiger partial charge in [0, 0.05) is 22.9 Å². The summed E-state index contributed by atoms with van der Waals surface area (Å²) in [6.07, 6.45) is 1.16. The maximum absolute atomic E-state index is 14.0. The van der Waals surface area contributed by atoms with E-state index in [1.54, 1.807) is 30.3 Å². The number of hydrogen-bond donors (Lipinski definition) is 1. The number of rotatable bonds is 3. The van der Waals surface area contributed by atoms with Gasteiger partial charge in [0.15, 0.2) is 5.78 Å². The van der Waals surface area contributed by atoms with Gasteiger partial charge >= 0.3 is 0 Å². The molecule has 2 aromatic rings. The van der Waals surface area contributed by atoms with E-state index in [9.17, 15) is 9.18 Å². The fourth-order valence-electron chi connectivity index (χ4n) is 2.05. The maximum Gasteiger partial charge on any atom is 0.159 e. The lowest BCUT2D eigenvalue weighted by atomic mass is 9.95. The predicted octanol–water partition coefficient (Wildman–Crippen LogP) is 4.00. The molecular formula is C16H14FNO. The Morgan fingerprint density at radius 2 is 1.79 bits per heavy atom. The van der Waals surface area contributed by atoms with Crippen molar-refractivity contribution < 1.29 is 9.18 Å². The third kappa shape index (κ3) is 2.45. The Hall–Kier alpha value is -2.29. The topological polar surface area (TPSA) is 40.9 Å². The lowest BCUT2D eigenvalue weighted by Gasteiger charge is -2.10. The number of Topliss-reactive ketones (excluding diaryl/α,β-unsaturated/α-hetero) is 1. The normalized spacial score (nSPS) is 10.3. The van der Waals surface area contributed by atoms with E-state index < -0.39 is 0 Å². The van der Waals surface area contributed by atoms with Crippen LogP contribution in [0.3, 0.4) is 0 Å². The van der Waals surface area contributed by atoms with Crippen molar-refractivity contribution in [2.75, 3.05) is 0 Å². The summed E-state index contributed by atoms with van der Waals surface area (Å²) in [6, 6.07) is 9.82. The molecule has 0 aliphatic heterocycles. The molecule has 2 nitrogen and oxygen atoms in total. The van der Waals surface area contributed by atoms with Crippen LogP contribution in [0, 0.1) is 18.2 Å². The molecule has 96 valence electrons. The summed E-state index contributed by atoms with van der Waals surface area (Å²) in [7, 11) is 0. The Morgan fingerprint density at radius 3 is 2.32 bits per heavy atom. The van der Waals surface area contributed by atoms with Crippen LogP contribution in [0.2, 0.25) is 0 Å². The van der Waals surface area contributed by atoms with Gasteiger partial charge in [0.25, 0.3) is 0 Å². The molecule has 2 aromatic carbocycles. The van der Waals surface area contributed by atoms with E-state index in [0.717, 1.165) is 11.8 Å². The molecule has 3 heteroatoms. The minimum absolute atomic E-state index is 0.0245. The highest BCUT2D eigenvalue weighted by Gasteiger charge is 2.12. The van der Waals surface area contributed by atoms with E-state index in [0.29, 0.717) is 22.3 Å². The Morgan fingerprint density at radius 1 is 1.16 bits per heavy atom. The monoisotopic (exact) mass is 255 g/mol. The second kappa shape index (κ2) is 5.14. The molecule has 0 saturated heterocycles. The quantitative estimate of drug-likeness (QED) is 0.653. The van der Waals surface area contributed by atoms with E-state index in [1.165, 1.54) is 13.0 Å². The highest BCUT2D eigenvalue weighted by atomic mass is 19.1. The van der Waals surface area contributed by atoms with Crippen molar-refractivity contribution >= 4 is 12.0 Å². The van der Waals surface area contributed by atoms with Gasteiger partial charge in [0.1, 0.15) is 5.82 Å². The van der Waals surface area contributed by atoms with E-state index in [1.807, 2.05) is 6.92 Å². The van der Waals surface area contributed by atoms with Crippen molar-refractivity contribution in [3.05, 3.63) is 58.9 Å². The molecule has 0 aliphatic rings. The number of carbonyl (C=O) groups excluding carboxylic acids is 1. The fourth-order valence-corrected chi connectivity index (χ4v) is 2.05. The molecule has 0 spiro atoms. The van der Waals surface area contributed by atoms with Crippen LogP contribution in [-0.4, -0.2) is 12.0 Å². The zero-order chi connectivity index (χ0) is 14.0. The molecular weight excluding hydrogens is 241 g/mol. The van der Waals surface area contributed by atoms with Crippen molar-refractivity contribution in [2.24, 2.45) is 0 Å². The lowest BCUT2D eigenvalue weighted by Crippen LogP contribution is -1.97. The second-order valence-corrected chi connectivity index (χ2v) is 4.43. The molecule has 19 heavy (non-hydrogen) atoms. The summed E-state index contributed by atoms with van der Waals surface area (Å²) in [4.78, 5) is 11.2. The summed E-state index contributed by atoms with van der Waals surface area (Å²) >= 11 is 0. The van der Waals surface area contributed by atoms with Gasteiger partial charge in [-0.15, -0.1) is 0 Å². The molecule has 0 bridgehead atoms. The number of nitrogens with one attached hydrogen (secondary N) is 1. The summed E-state index contributed by atoms with van der Waals surface area (Å²) in [6.45, 7) is 3.33. The molecule has 0 unspecified atom stereocenters. The molecule has 0 heterocycles. The Kier molecular flexibility index (Phi) is 3.56. The van der Waals surface area contributed by atoms with E-state index in [4.69, 9.17) is 5.41 Å². The first-order valence-electron chi connectivity index (χ1n) is 5.95. The van der Waals surface area contributed by atoms with Gasteiger partial charge in [-0.2, -0.15) is 0 Å². The van der Waals surface area contributed by atoms with Gasteiger partial charge in [-0.1, -0.05) is 30.3 Å². The molecule has 2 rings (SSSR count). The van der Waals surface area contributed by atoms with Crippen molar-refractivity contribution in [1.82, 2.24) is 0 Å². The van der Waals surface area contributed by atoms with Crippen LogP contribution in [-0.2, 0) is 0 Å². The van der Waals surface area contributed by atoms with Crippen LogP contribution in [0.1, 0.15) is 28.4 Å². The van der Waals surface area contributed by atoms with Gasteiger partial charge < -0.3 is 5.41 Å². The number of aryl methyl sites for hydroxylation is 1. The molecule has 0 atom stereocenters. The maximum atomic E-state index is 14.0. The highest BCUT2D eigenvalue weighted by Crippen LogP contribution is 2.28. The smallest absolute Gasteiger partial charge is 0.159 e. The first kappa shape index (κ1) is 13.1. The number of halogens is 1. The summed E-state index contributed by atoms with van der Waals surface area (Å²) in [5, 5.41) is 7.44. The van der Waals surface area contributed by atoms with Crippen molar-refractivity contribution in [2.45, 2.75) is 13.8 Å². The highest BCUT2D eigenvalue weighted by molar-refractivity contribution is 5.95. The minimum atomic E-state index is -0.361. The molecule has 1 N–H and O–H groups in total. The van der Waals surface area contributed by atoms with E-state index >= 15 is 0 Å². The second-order valence-electron chi connectivity index (χ2n) is 4.43. The van der Waals surface area contributed by atoms with Crippen LogP contribution in [0.4, 0.5) is 4.39 Å². The van der Waals surface area contributed by atoms with Crippen molar-refractivity contribution in [3.63, 3.8) is 0 Å². The van der Waals surface area contributed by atoms with Crippen LogP contribution < -0.4 is 0 Å². The number of carbonyl (C=O) groups is 1. The molecule has 0 aromatic heterocycles. The predicted molar refractivity (Wildman–Crippen MR) is 74.5 cm³/mol. The van der Waals surface area contributed by atoms with Gasteiger partial charge in [-0.3, -0.25) is 4.79 Å². The van der Waals surface area contributed by atoms with Crippen molar-refractivity contribution in [1.29, 1.82) is 5.41 Å². The van der Waals surface area contributed by atoms with Crippen molar-refractivity contribution in [3.8, 4) is 11.1 Å². The summed E-state index contributed by atoms with van der Waals surface area (Å²) < 4.78 is 14.0. The Balaban J connectivity index is 2.61. The van der Waals surface area contributed by atoms with Crippen LogP contribution >= 0.6 is 0 Å². The molecule has 0 fully saturated rings. The molecule has 0 aliphatic carbocycles. The SMILES string of the molecule is CC(=O)c1ccc(-c2c(F)ccc(C)c2C=N)cc1. The van der Waals surface area contributed by atoms with E-state index in [2.05, 4.69) is 0 Å². The first-order chi connectivity index (χ1) is 9.04. The zero-order valence-electron chi connectivity index (χ0n) is 10.8. The fraction of sp³-hybridized carbons (Fsp3) is 0.125. The zero-order valence-corrected chi connectivity index (χ0v) is 10.8. The Bertz CT molecular complexity index is 645. The number of ketones is 1. The Labute approximate surface area is 111 Å². The first-order valence-corrected chi connectivity index (χ1v) is 5.95. The van der Waals surface area contributed by atoms with Crippen LogP contribution in [0.5, 0.6) is 0 Å². The largest absolute Gasteiger partial charge is 0.308 e. The van der Waals surface area contributed by atoms with Gasteiger partial charge in [0.2, 0.25) is 0 Å². The third-order valence-electron chi connectivity index (χ3n) is 3.14. The van der Waals surface area contributed by atoms with Crippen LogP contribution in [0.15, 0.2) is 36.4 Å². The third-order valence-corrected chi connectivity index (χ3v) is 3.14. The minimum Gasteiger partial charge on any atom is -0.308 e. The summed E-state index contributed by atoms with van der Waals surface area (Å²) in [5.41, 5.74) is 3.08.